The van der Waals surface area contributed by atoms with E-state index in [0.29, 0.717) is 0 Å². The third-order valence-electron chi connectivity index (χ3n) is 3.25. The molecule has 0 fully saturated rings. The summed E-state index contributed by atoms with van der Waals surface area (Å²) in [4.78, 5) is 0. The second-order valence-electron chi connectivity index (χ2n) is 5.08. The summed E-state index contributed by atoms with van der Waals surface area (Å²) in [7, 11) is 1.69. The summed E-state index contributed by atoms with van der Waals surface area (Å²) in [5, 5.41) is 2.28. The normalized spacial score (nSPS) is 16.2. The van der Waals surface area contributed by atoms with Crippen LogP contribution in [0.4, 0.5) is 0 Å². The van der Waals surface area contributed by atoms with Gasteiger partial charge in [-0.15, -0.1) is 0 Å². The molecule has 0 radical (unpaired) electrons. The van der Waals surface area contributed by atoms with Gasteiger partial charge in [-0.2, -0.15) is 0 Å². The standard InChI is InChI=1S/C16H16O2/c1-16(2)9-8-13-11-6-4-5-7-12(11)14(17-3)10-15(13)18-16/h4-10H,1-3H3. The first-order valence-electron chi connectivity index (χ1n) is 6.09. The largest absolute Gasteiger partial charge is 0.496 e. The van der Waals surface area contributed by atoms with E-state index in [9.17, 15) is 0 Å². The molecule has 0 atom stereocenters. The number of methoxy groups -OCH3 is 1. The highest BCUT2D eigenvalue weighted by atomic mass is 16.5. The number of benzene rings is 2. The minimum atomic E-state index is -0.263. The Bertz CT molecular complexity index is 639. The molecule has 18 heavy (non-hydrogen) atoms. The van der Waals surface area contributed by atoms with Crippen LogP contribution in [0.3, 0.4) is 0 Å². The van der Waals surface area contributed by atoms with Crippen molar-refractivity contribution in [1.82, 2.24) is 0 Å². The lowest BCUT2D eigenvalue weighted by molar-refractivity contribution is 0.159. The molecule has 0 bridgehead atoms. The molecule has 3 rings (SSSR count). The molecule has 1 aliphatic rings. The van der Waals surface area contributed by atoms with E-state index in [2.05, 4.69) is 24.3 Å². The Morgan fingerprint density at radius 2 is 1.83 bits per heavy atom. The minimum Gasteiger partial charge on any atom is -0.496 e. The van der Waals surface area contributed by atoms with Crippen LogP contribution >= 0.6 is 0 Å². The maximum Gasteiger partial charge on any atom is 0.132 e. The van der Waals surface area contributed by atoms with Gasteiger partial charge in [-0.1, -0.05) is 30.3 Å². The zero-order valence-electron chi connectivity index (χ0n) is 10.9. The predicted molar refractivity (Wildman–Crippen MR) is 74.2 cm³/mol. The van der Waals surface area contributed by atoms with Gasteiger partial charge in [-0.05, 0) is 25.3 Å². The lowest BCUT2D eigenvalue weighted by Gasteiger charge is -2.29. The van der Waals surface area contributed by atoms with E-state index in [1.807, 2.05) is 32.0 Å². The fourth-order valence-electron chi connectivity index (χ4n) is 2.37. The van der Waals surface area contributed by atoms with Crippen molar-refractivity contribution in [3.8, 4) is 11.5 Å². The predicted octanol–water partition coefficient (Wildman–Crippen LogP) is 4.03. The molecule has 0 unspecified atom stereocenters. The summed E-state index contributed by atoms with van der Waals surface area (Å²) in [5.41, 5.74) is 0.867. The zero-order chi connectivity index (χ0) is 12.8. The molecule has 92 valence electrons. The Balaban J connectivity index is 2.33. The van der Waals surface area contributed by atoms with E-state index in [0.717, 1.165) is 22.4 Å². The van der Waals surface area contributed by atoms with Crippen molar-refractivity contribution in [3.63, 3.8) is 0 Å². The fourth-order valence-corrected chi connectivity index (χ4v) is 2.37. The van der Waals surface area contributed by atoms with Crippen molar-refractivity contribution in [1.29, 1.82) is 0 Å². The second kappa shape index (κ2) is 3.77. The van der Waals surface area contributed by atoms with Crippen molar-refractivity contribution >= 4 is 16.8 Å². The highest BCUT2D eigenvalue weighted by Gasteiger charge is 2.23. The first-order chi connectivity index (χ1) is 8.61. The number of rotatable bonds is 1. The van der Waals surface area contributed by atoms with E-state index in [1.54, 1.807) is 7.11 Å². The van der Waals surface area contributed by atoms with Crippen LogP contribution < -0.4 is 9.47 Å². The van der Waals surface area contributed by atoms with Crippen LogP contribution in [-0.4, -0.2) is 12.7 Å². The third kappa shape index (κ3) is 1.65. The van der Waals surface area contributed by atoms with E-state index >= 15 is 0 Å². The van der Waals surface area contributed by atoms with Crippen molar-refractivity contribution < 1.29 is 9.47 Å². The van der Waals surface area contributed by atoms with E-state index in [1.165, 1.54) is 5.39 Å². The van der Waals surface area contributed by atoms with Crippen LogP contribution in [0.2, 0.25) is 0 Å². The van der Waals surface area contributed by atoms with Crippen molar-refractivity contribution in [3.05, 3.63) is 42.0 Å². The van der Waals surface area contributed by atoms with Crippen molar-refractivity contribution in [2.75, 3.05) is 7.11 Å². The number of hydrogen-bond acceptors (Lipinski definition) is 2. The van der Waals surface area contributed by atoms with Gasteiger partial charge in [-0.25, -0.2) is 0 Å². The highest BCUT2D eigenvalue weighted by Crippen LogP contribution is 2.40. The third-order valence-corrected chi connectivity index (χ3v) is 3.25. The van der Waals surface area contributed by atoms with Crippen LogP contribution in [0, 0.1) is 0 Å². The van der Waals surface area contributed by atoms with E-state index in [-0.39, 0.29) is 5.60 Å². The first kappa shape index (κ1) is 11.1. The summed E-state index contributed by atoms with van der Waals surface area (Å²) in [6.07, 6.45) is 4.23. The van der Waals surface area contributed by atoms with Crippen molar-refractivity contribution in [2.24, 2.45) is 0 Å². The molecule has 1 aliphatic heterocycles. The van der Waals surface area contributed by atoms with E-state index < -0.39 is 0 Å². The molecule has 1 heterocycles. The quantitative estimate of drug-likeness (QED) is 0.749. The van der Waals surface area contributed by atoms with Crippen LogP contribution in [0.25, 0.3) is 16.8 Å². The second-order valence-corrected chi connectivity index (χ2v) is 5.08. The lowest BCUT2D eigenvalue weighted by Crippen LogP contribution is -2.27. The topological polar surface area (TPSA) is 18.5 Å². The van der Waals surface area contributed by atoms with Gasteiger partial charge in [0, 0.05) is 17.0 Å². The van der Waals surface area contributed by atoms with Crippen molar-refractivity contribution in [2.45, 2.75) is 19.4 Å². The minimum absolute atomic E-state index is 0.263. The molecule has 0 N–H and O–H groups in total. The Morgan fingerprint density at radius 3 is 2.56 bits per heavy atom. The summed E-state index contributed by atoms with van der Waals surface area (Å²) >= 11 is 0. The molecule has 2 aromatic rings. The fraction of sp³-hybridized carbons (Fsp3) is 0.250. The number of ether oxygens (including phenoxy) is 2. The first-order valence-corrected chi connectivity index (χ1v) is 6.09. The molecule has 0 aromatic heterocycles. The van der Waals surface area contributed by atoms with Crippen LogP contribution in [0.1, 0.15) is 19.4 Å². The van der Waals surface area contributed by atoms with Crippen LogP contribution in [0.15, 0.2) is 36.4 Å². The van der Waals surface area contributed by atoms with Gasteiger partial charge in [0.05, 0.1) is 7.11 Å². The molecular weight excluding hydrogens is 224 g/mol. The lowest BCUT2D eigenvalue weighted by atomic mass is 9.97. The van der Waals surface area contributed by atoms with Gasteiger partial charge >= 0.3 is 0 Å². The molecule has 0 saturated heterocycles. The van der Waals surface area contributed by atoms with Gasteiger partial charge in [0.15, 0.2) is 0 Å². The van der Waals surface area contributed by atoms with Gasteiger partial charge in [0.25, 0.3) is 0 Å². The Kier molecular flexibility index (Phi) is 2.34. The molecule has 0 aliphatic carbocycles. The summed E-state index contributed by atoms with van der Waals surface area (Å²) < 4.78 is 11.5. The molecule has 0 saturated carbocycles. The average molecular weight is 240 g/mol. The van der Waals surface area contributed by atoms with Gasteiger partial charge in [0.2, 0.25) is 0 Å². The highest BCUT2D eigenvalue weighted by molar-refractivity contribution is 5.97. The Morgan fingerprint density at radius 1 is 1.11 bits per heavy atom. The van der Waals surface area contributed by atoms with Crippen LogP contribution in [-0.2, 0) is 0 Å². The summed E-state index contributed by atoms with van der Waals surface area (Å²) in [6.45, 7) is 4.10. The van der Waals surface area contributed by atoms with Crippen LogP contribution in [0.5, 0.6) is 11.5 Å². The molecule has 2 aromatic carbocycles. The molecular formula is C16H16O2. The molecule has 2 nitrogen and oxygen atoms in total. The van der Waals surface area contributed by atoms with Gasteiger partial charge in [0.1, 0.15) is 17.1 Å². The summed E-state index contributed by atoms with van der Waals surface area (Å²) in [6, 6.07) is 10.2. The van der Waals surface area contributed by atoms with Gasteiger partial charge < -0.3 is 9.47 Å². The Labute approximate surface area is 107 Å². The van der Waals surface area contributed by atoms with Gasteiger partial charge in [-0.3, -0.25) is 0 Å². The SMILES string of the molecule is COc1cc2c(c3ccccc13)C=CC(C)(C)O2. The Hall–Kier alpha value is -1.96. The molecule has 0 spiro atoms. The van der Waals surface area contributed by atoms with E-state index in [4.69, 9.17) is 9.47 Å². The number of fused-ring (bicyclic) bond motifs is 3. The smallest absolute Gasteiger partial charge is 0.132 e. The zero-order valence-corrected chi connectivity index (χ0v) is 10.9. The number of hydrogen-bond donors (Lipinski definition) is 0. The average Bonchev–Trinajstić information content (AvgIpc) is 2.36. The maximum absolute atomic E-state index is 6.00. The molecule has 2 heteroatoms. The monoisotopic (exact) mass is 240 g/mol. The molecule has 0 amide bonds. The maximum atomic E-state index is 6.00. The summed E-state index contributed by atoms with van der Waals surface area (Å²) in [5.74, 6) is 1.74.